The lowest BCUT2D eigenvalue weighted by Crippen LogP contribution is -2.43. The molecule has 116 valence electrons. The minimum atomic E-state index is -0.0837. The molecule has 1 saturated carbocycles. The largest absolute Gasteiger partial charge is 0.461 e. The average molecular weight is 302 g/mol. The number of likely N-dealkylation sites (tertiary alicyclic amines) is 1. The summed E-state index contributed by atoms with van der Waals surface area (Å²) < 4.78 is 10.5. The third-order valence-electron chi connectivity index (χ3n) is 4.14. The van der Waals surface area contributed by atoms with E-state index in [0.29, 0.717) is 30.1 Å². The standard InChI is InChI=1S/C15H18N4O3/c20-15(16-10-5-6-10)11-3-1-7-19(11)9-13-17-14(18-22-13)12-4-2-8-21-12/h2,4,8,10-11H,1,3,5-7,9H2,(H,16,20). The first-order valence-electron chi connectivity index (χ1n) is 7.70. The van der Waals surface area contributed by atoms with Gasteiger partial charge < -0.3 is 14.3 Å². The summed E-state index contributed by atoms with van der Waals surface area (Å²) in [5.74, 6) is 1.67. The Hall–Kier alpha value is -2.15. The molecular formula is C15H18N4O3. The van der Waals surface area contributed by atoms with Crippen LogP contribution in [0.2, 0.25) is 0 Å². The summed E-state index contributed by atoms with van der Waals surface area (Å²) in [7, 11) is 0. The van der Waals surface area contributed by atoms with Crippen molar-refractivity contribution in [2.75, 3.05) is 6.54 Å². The van der Waals surface area contributed by atoms with Gasteiger partial charge in [0, 0.05) is 6.04 Å². The molecule has 2 fully saturated rings. The van der Waals surface area contributed by atoms with Crippen LogP contribution in [0.4, 0.5) is 0 Å². The Bertz CT molecular complexity index is 648. The maximum atomic E-state index is 12.3. The second-order valence-corrected chi connectivity index (χ2v) is 5.90. The second kappa shape index (κ2) is 5.57. The SMILES string of the molecule is O=C(NC1CC1)C1CCCN1Cc1nc(-c2ccco2)no1. The normalized spacial score (nSPS) is 22.1. The van der Waals surface area contributed by atoms with E-state index in [4.69, 9.17) is 8.94 Å². The fourth-order valence-corrected chi connectivity index (χ4v) is 2.84. The van der Waals surface area contributed by atoms with E-state index in [2.05, 4.69) is 20.4 Å². The summed E-state index contributed by atoms with van der Waals surface area (Å²) in [6.45, 7) is 1.37. The Morgan fingerprint density at radius 3 is 3.09 bits per heavy atom. The first-order chi connectivity index (χ1) is 10.8. The Labute approximate surface area is 127 Å². The van der Waals surface area contributed by atoms with E-state index < -0.39 is 0 Å². The molecular weight excluding hydrogens is 284 g/mol. The lowest BCUT2D eigenvalue weighted by Gasteiger charge is -2.21. The second-order valence-electron chi connectivity index (χ2n) is 5.90. The number of nitrogens with zero attached hydrogens (tertiary/aromatic N) is 3. The van der Waals surface area contributed by atoms with E-state index in [0.717, 1.165) is 32.2 Å². The van der Waals surface area contributed by atoms with Gasteiger partial charge in [0.15, 0.2) is 5.76 Å². The topological polar surface area (TPSA) is 84.4 Å². The van der Waals surface area contributed by atoms with Crippen molar-refractivity contribution in [2.45, 2.75) is 44.3 Å². The van der Waals surface area contributed by atoms with Gasteiger partial charge in [-0.05, 0) is 44.4 Å². The summed E-state index contributed by atoms with van der Waals surface area (Å²) in [6, 6.07) is 3.88. The molecule has 0 radical (unpaired) electrons. The zero-order valence-electron chi connectivity index (χ0n) is 12.2. The number of hydrogen-bond donors (Lipinski definition) is 1. The molecule has 1 amide bonds. The van der Waals surface area contributed by atoms with E-state index in [9.17, 15) is 4.79 Å². The molecule has 1 aliphatic carbocycles. The molecule has 1 unspecified atom stereocenters. The first-order valence-corrected chi connectivity index (χ1v) is 7.70. The van der Waals surface area contributed by atoms with Crippen molar-refractivity contribution in [1.82, 2.24) is 20.4 Å². The lowest BCUT2D eigenvalue weighted by molar-refractivity contribution is -0.125. The number of nitrogens with one attached hydrogen (secondary N) is 1. The van der Waals surface area contributed by atoms with Crippen LogP contribution in [0.3, 0.4) is 0 Å². The van der Waals surface area contributed by atoms with Crippen LogP contribution in [0.1, 0.15) is 31.6 Å². The highest BCUT2D eigenvalue weighted by atomic mass is 16.5. The number of hydrogen-bond acceptors (Lipinski definition) is 6. The molecule has 1 aliphatic heterocycles. The highest BCUT2D eigenvalue weighted by Gasteiger charge is 2.34. The van der Waals surface area contributed by atoms with E-state index in [1.807, 2.05) is 0 Å². The number of aromatic nitrogens is 2. The fraction of sp³-hybridized carbons (Fsp3) is 0.533. The van der Waals surface area contributed by atoms with Crippen molar-refractivity contribution in [3.8, 4) is 11.6 Å². The van der Waals surface area contributed by atoms with Crippen molar-refractivity contribution in [3.63, 3.8) is 0 Å². The van der Waals surface area contributed by atoms with Crippen LogP contribution in [0.5, 0.6) is 0 Å². The van der Waals surface area contributed by atoms with Gasteiger partial charge in [-0.15, -0.1) is 0 Å². The van der Waals surface area contributed by atoms with Gasteiger partial charge in [0.2, 0.25) is 17.6 Å². The summed E-state index contributed by atoms with van der Waals surface area (Å²) >= 11 is 0. The fourth-order valence-electron chi connectivity index (χ4n) is 2.84. The van der Waals surface area contributed by atoms with Gasteiger partial charge in [-0.1, -0.05) is 5.16 Å². The summed E-state index contributed by atoms with van der Waals surface area (Å²) in [5, 5.41) is 7.00. The Morgan fingerprint density at radius 2 is 2.32 bits per heavy atom. The monoisotopic (exact) mass is 302 g/mol. The summed E-state index contributed by atoms with van der Waals surface area (Å²) in [6.07, 6.45) is 5.69. The molecule has 2 aromatic heterocycles. The van der Waals surface area contributed by atoms with Gasteiger partial charge in [0.1, 0.15) is 0 Å². The van der Waals surface area contributed by atoms with Crippen LogP contribution in [0, 0.1) is 0 Å². The predicted octanol–water partition coefficient (Wildman–Crippen LogP) is 1.57. The van der Waals surface area contributed by atoms with Crippen LogP contribution < -0.4 is 5.32 Å². The molecule has 7 heteroatoms. The zero-order valence-corrected chi connectivity index (χ0v) is 12.2. The number of amides is 1. The van der Waals surface area contributed by atoms with E-state index in [1.165, 1.54) is 0 Å². The van der Waals surface area contributed by atoms with Crippen molar-refractivity contribution in [2.24, 2.45) is 0 Å². The Balaban J connectivity index is 1.42. The third kappa shape index (κ3) is 2.76. The van der Waals surface area contributed by atoms with Gasteiger partial charge >= 0.3 is 0 Å². The van der Waals surface area contributed by atoms with Crippen molar-refractivity contribution >= 4 is 5.91 Å². The molecule has 1 saturated heterocycles. The molecule has 1 N–H and O–H groups in total. The molecule has 0 aromatic carbocycles. The van der Waals surface area contributed by atoms with Gasteiger partial charge in [-0.3, -0.25) is 9.69 Å². The molecule has 2 aromatic rings. The van der Waals surface area contributed by atoms with E-state index in [-0.39, 0.29) is 11.9 Å². The first kappa shape index (κ1) is 13.5. The van der Waals surface area contributed by atoms with Crippen molar-refractivity contribution in [1.29, 1.82) is 0 Å². The highest BCUT2D eigenvalue weighted by molar-refractivity contribution is 5.82. The highest BCUT2D eigenvalue weighted by Crippen LogP contribution is 2.24. The minimum absolute atomic E-state index is 0.0837. The summed E-state index contributed by atoms with van der Waals surface area (Å²) in [5.41, 5.74) is 0. The number of carbonyl (C=O) groups excluding carboxylic acids is 1. The smallest absolute Gasteiger partial charge is 0.241 e. The number of rotatable bonds is 5. The quantitative estimate of drug-likeness (QED) is 0.902. The van der Waals surface area contributed by atoms with Gasteiger partial charge in [-0.2, -0.15) is 4.98 Å². The van der Waals surface area contributed by atoms with Crippen LogP contribution in [0.25, 0.3) is 11.6 Å². The zero-order chi connectivity index (χ0) is 14.9. The van der Waals surface area contributed by atoms with Gasteiger partial charge in [-0.25, -0.2) is 0 Å². The van der Waals surface area contributed by atoms with Crippen molar-refractivity contribution < 1.29 is 13.7 Å². The number of furan rings is 1. The minimum Gasteiger partial charge on any atom is -0.461 e. The molecule has 0 spiro atoms. The lowest BCUT2D eigenvalue weighted by atomic mass is 10.2. The van der Waals surface area contributed by atoms with Crippen LogP contribution in [0.15, 0.2) is 27.3 Å². The molecule has 3 heterocycles. The van der Waals surface area contributed by atoms with E-state index >= 15 is 0 Å². The molecule has 7 nitrogen and oxygen atoms in total. The average Bonchev–Trinajstić information content (AvgIpc) is 2.98. The maximum Gasteiger partial charge on any atom is 0.241 e. The Kier molecular flexibility index (Phi) is 3.42. The molecule has 22 heavy (non-hydrogen) atoms. The molecule has 2 aliphatic rings. The molecule has 0 bridgehead atoms. The van der Waals surface area contributed by atoms with Crippen LogP contribution in [-0.4, -0.2) is 39.6 Å². The van der Waals surface area contributed by atoms with Crippen molar-refractivity contribution in [3.05, 3.63) is 24.3 Å². The molecule has 1 atom stereocenters. The summed E-state index contributed by atoms with van der Waals surface area (Å²) in [4.78, 5) is 18.7. The van der Waals surface area contributed by atoms with Crippen LogP contribution in [-0.2, 0) is 11.3 Å². The predicted molar refractivity (Wildman–Crippen MR) is 76.6 cm³/mol. The van der Waals surface area contributed by atoms with Gasteiger partial charge in [0.25, 0.3) is 0 Å². The van der Waals surface area contributed by atoms with E-state index in [1.54, 1.807) is 18.4 Å². The van der Waals surface area contributed by atoms with Crippen LogP contribution >= 0.6 is 0 Å². The third-order valence-corrected chi connectivity index (χ3v) is 4.14. The van der Waals surface area contributed by atoms with Gasteiger partial charge in [0.05, 0.1) is 18.8 Å². The molecule has 4 rings (SSSR count). The Morgan fingerprint density at radius 1 is 1.41 bits per heavy atom. The maximum absolute atomic E-state index is 12.3. The number of carbonyl (C=O) groups is 1.